The van der Waals surface area contributed by atoms with Crippen molar-refractivity contribution in [2.24, 2.45) is 0 Å². The third kappa shape index (κ3) is 3.78. The summed E-state index contributed by atoms with van der Waals surface area (Å²) in [7, 11) is 0. The van der Waals surface area contributed by atoms with Gasteiger partial charge in [0.2, 0.25) is 0 Å². The standard InChI is InChI=1S/C23H26N2O5/c1-15-5-6-16(2)17(14-15)21(26)19-20(18-4-3-11-30-18)25(23(28)22(19)27)8-7-24-9-12-29-13-10-24/h3-6,11,14,20,26H,7-10,12-13H2,1-2H3/b21-19-. The topological polar surface area (TPSA) is 83.2 Å². The molecule has 1 amide bonds. The maximum Gasteiger partial charge on any atom is 0.295 e. The zero-order valence-corrected chi connectivity index (χ0v) is 17.3. The van der Waals surface area contributed by atoms with Crippen molar-refractivity contribution in [3.63, 3.8) is 0 Å². The number of nitrogens with zero attached hydrogens (tertiary/aromatic N) is 2. The number of furan rings is 1. The Morgan fingerprint density at radius 3 is 2.60 bits per heavy atom. The normalized spacial score (nSPS) is 22.1. The fraction of sp³-hybridized carbons (Fsp3) is 0.391. The molecule has 1 aromatic carbocycles. The number of benzene rings is 1. The molecule has 1 N–H and O–H groups in total. The van der Waals surface area contributed by atoms with Crippen LogP contribution in [0.15, 0.2) is 46.6 Å². The molecule has 2 saturated heterocycles. The van der Waals surface area contributed by atoms with Gasteiger partial charge in [-0.15, -0.1) is 0 Å². The molecule has 0 spiro atoms. The van der Waals surface area contributed by atoms with Crippen LogP contribution in [0.4, 0.5) is 0 Å². The smallest absolute Gasteiger partial charge is 0.295 e. The van der Waals surface area contributed by atoms with Gasteiger partial charge in [0.05, 0.1) is 25.1 Å². The van der Waals surface area contributed by atoms with E-state index in [1.54, 1.807) is 12.1 Å². The number of carbonyl (C=O) groups is 2. The van der Waals surface area contributed by atoms with Gasteiger partial charge in [0, 0.05) is 31.7 Å². The van der Waals surface area contributed by atoms with Crippen LogP contribution in [-0.4, -0.2) is 66.0 Å². The number of rotatable bonds is 5. The average molecular weight is 410 g/mol. The van der Waals surface area contributed by atoms with Gasteiger partial charge >= 0.3 is 0 Å². The van der Waals surface area contributed by atoms with Crippen molar-refractivity contribution in [1.82, 2.24) is 9.80 Å². The van der Waals surface area contributed by atoms with Gasteiger partial charge in [-0.25, -0.2) is 0 Å². The Kier molecular flexibility index (Phi) is 5.74. The van der Waals surface area contributed by atoms with Crippen LogP contribution in [0.1, 0.15) is 28.5 Å². The largest absolute Gasteiger partial charge is 0.507 e. The summed E-state index contributed by atoms with van der Waals surface area (Å²) in [5.74, 6) is -0.999. The Bertz CT molecular complexity index is 973. The van der Waals surface area contributed by atoms with Crippen molar-refractivity contribution < 1.29 is 23.8 Å². The fourth-order valence-electron chi connectivity index (χ4n) is 4.06. The molecule has 2 aliphatic rings. The van der Waals surface area contributed by atoms with Crippen molar-refractivity contribution in [3.05, 3.63) is 64.6 Å². The van der Waals surface area contributed by atoms with Crippen molar-refractivity contribution >= 4 is 17.4 Å². The van der Waals surface area contributed by atoms with Crippen LogP contribution >= 0.6 is 0 Å². The monoisotopic (exact) mass is 410 g/mol. The maximum atomic E-state index is 13.0. The molecule has 2 fully saturated rings. The highest BCUT2D eigenvalue weighted by atomic mass is 16.5. The Morgan fingerprint density at radius 1 is 1.13 bits per heavy atom. The first kappa shape index (κ1) is 20.4. The van der Waals surface area contributed by atoms with E-state index in [2.05, 4.69) is 4.90 Å². The van der Waals surface area contributed by atoms with Gasteiger partial charge in [-0.3, -0.25) is 14.5 Å². The van der Waals surface area contributed by atoms with Gasteiger partial charge in [-0.05, 0) is 37.6 Å². The summed E-state index contributed by atoms with van der Waals surface area (Å²) in [5, 5.41) is 11.1. The SMILES string of the molecule is Cc1ccc(C)c(/C(O)=C2/C(=O)C(=O)N(CCN3CCOCC3)C2c2ccco2)c1. The van der Waals surface area contributed by atoms with Crippen LogP contribution in [0.2, 0.25) is 0 Å². The summed E-state index contributed by atoms with van der Waals surface area (Å²) in [6, 6.07) is 8.35. The zero-order valence-electron chi connectivity index (χ0n) is 17.3. The van der Waals surface area contributed by atoms with E-state index in [0.717, 1.165) is 24.2 Å². The molecule has 0 aliphatic carbocycles. The van der Waals surface area contributed by atoms with Gasteiger partial charge in [0.15, 0.2) is 0 Å². The summed E-state index contributed by atoms with van der Waals surface area (Å²) >= 11 is 0. The highest BCUT2D eigenvalue weighted by Crippen LogP contribution is 2.40. The van der Waals surface area contributed by atoms with E-state index >= 15 is 0 Å². The molecule has 0 radical (unpaired) electrons. The molecule has 2 aromatic rings. The number of likely N-dealkylation sites (tertiary alicyclic amines) is 1. The van der Waals surface area contributed by atoms with Gasteiger partial charge in [0.25, 0.3) is 11.7 Å². The van der Waals surface area contributed by atoms with Crippen LogP contribution in [0, 0.1) is 13.8 Å². The number of Topliss-reactive ketones (excluding diaryl/α,β-unsaturated/α-hetero) is 1. The second-order valence-electron chi connectivity index (χ2n) is 7.78. The lowest BCUT2D eigenvalue weighted by atomic mass is 9.96. The van der Waals surface area contributed by atoms with E-state index in [1.807, 2.05) is 32.0 Å². The predicted molar refractivity (Wildman–Crippen MR) is 111 cm³/mol. The van der Waals surface area contributed by atoms with Gasteiger partial charge in [0.1, 0.15) is 17.6 Å². The number of ketones is 1. The molecule has 0 saturated carbocycles. The number of aryl methyl sites for hydroxylation is 2. The van der Waals surface area contributed by atoms with Gasteiger partial charge < -0.3 is 19.2 Å². The Morgan fingerprint density at radius 2 is 1.90 bits per heavy atom. The molecule has 0 bridgehead atoms. The summed E-state index contributed by atoms with van der Waals surface area (Å²) in [6.45, 7) is 7.67. The molecular formula is C23H26N2O5. The number of aliphatic hydroxyl groups excluding tert-OH is 1. The number of ether oxygens (including phenoxy) is 1. The molecule has 1 unspecified atom stereocenters. The molecule has 158 valence electrons. The molecule has 4 rings (SSSR count). The minimum Gasteiger partial charge on any atom is -0.507 e. The highest BCUT2D eigenvalue weighted by molar-refractivity contribution is 6.46. The average Bonchev–Trinajstić information content (AvgIpc) is 3.36. The maximum absolute atomic E-state index is 13.0. The quantitative estimate of drug-likeness (QED) is 0.464. The Hall–Kier alpha value is -2.90. The summed E-state index contributed by atoms with van der Waals surface area (Å²) < 4.78 is 11.0. The van der Waals surface area contributed by atoms with Crippen LogP contribution in [0.3, 0.4) is 0 Å². The third-order valence-corrected chi connectivity index (χ3v) is 5.76. The Balaban J connectivity index is 1.73. The lowest BCUT2D eigenvalue weighted by Crippen LogP contribution is -2.42. The summed E-state index contributed by atoms with van der Waals surface area (Å²) in [4.78, 5) is 29.6. The molecule has 7 heteroatoms. The number of amides is 1. The minimum absolute atomic E-state index is 0.0747. The summed E-state index contributed by atoms with van der Waals surface area (Å²) in [5.41, 5.74) is 2.41. The van der Waals surface area contributed by atoms with Crippen LogP contribution < -0.4 is 0 Å². The second-order valence-corrected chi connectivity index (χ2v) is 7.78. The lowest BCUT2D eigenvalue weighted by Gasteiger charge is -2.30. The molecule has 1 aromatic heterocycles. The summed E-state index contributed by atoms with van der Waals surface area (Å²) in [6.07, 6.45) is 1.51. The van der Waals surface area contributed by atoms with Crippen molar-refractivity contribution in [1.29, 1.82) is 0 Å². The van der Waals surface area contributed by atoms with Crippen molar-refractivity contribution in [2.75, 3.05) is 39.4 Å². The van der Waals surface area contributed by atoms with Crippen LogP contribution in [0.5, 0.6) is 0 Å². The molecule has 7 nitrogen and oxygen atoms in total. The first-order chi connectivity index (χ1) is 14.5. The number of morpholine rings is 1. The molecular weight excluding hydrogens is 384 g/mol. The van der Waals surface area contributed by atoms with Gasteiger partial charge in [-0.2, -0.15) is 0 Å². The van der Waals surface area contributed by atoms with Crippen LogP contribution in [0.25, 0.3) is 5.76 Å². The number of carbonyl (C=O) groups excluding carboxylic acids is 2. The van der Waals surface area contributed by atoms with E-state index in [4.69, 9.17) is 9.15 Å². The number of hydrogen-bond donors (Lipinski definition) is 1. The number of aliphatic hydroxyl groups is 1. The van der Waals surface area contributed by atoms with Gasteiger partial charge in [-0.1, -0.05) is 17.7 Å². The van der Waals surface area contributed by atoms with E-state index in [-0.39, 0.29) is 11.3 Å². The Labute approximate surface area is 175 Å². The van der Waals surface area contributed by atoms with E-state index in [9.17, 15) is 14.7 Å². The fourth-order valence-corrected chi connectivity index (χ4v) is 4.06. The first-order valence-electron chi connectivity index (χ1n) is 10.2. The van der Waals surface area contributed by atoms with E-state index < -0.39 is 17.7 Å². The zero-order chi connectivity index (χ0) is 21.3. The third-order valence-electron chi connectivity index (χ3n) is 5.76. The molecule has 3 heterocycles. The second kappa shape index (κ2) is 8.45. The molecule has 30 heavy (non-hydrogen) atoms. The lowest BCUT2D eigenvalue weighted by molar-refractivity contribution is -0.140. The van der Waals surface area contributed by atoms with Crippen molar-refractivity contribution in [2.45, 2.75) is 19.9 Å². The van der Waals surface area contributed by atoms with E-state index in [1.165, 1.54) is 11.2 Å². The highest BCUT2D eigenvalue weighted by Gasteiger charge is 2.47. The minimum atomic E-state index is -0.749. The first-order valence-corrected chi connectivity index (χ1v) is 10.2. The molecule has 1 atom stereocenters. The molecule has 2 aliphatic heterocycles. The predicted octanol–water partition coefficient (Wildman–Crippen LogP) is 2.65. The van der Waals surface area contributed by atoms with Crippen LogP contribution in [-0.2, 0) is 14.3 Å². The van der Waals surface area contributed by atoms with Crippen molar-refractivity contribution in [3.8, 4) is 0 Å². The van der Waals surface area contributed by atoms with E-state index in [0.29, 0.717) is 37.6 Å². The number of hydrogen-bond acceptors (Lipinski definition) is 6.